The number of halogens is 4. The Kier molecular flexibility index (Phi) is 6.77. The van der Waals surface area contributed by atoms with E-state index >= 15 is 0 Å². The van der Waals surface area contributed by atoms with Crippen LogP contribution < -0.4 is 10.2 Å². The minimum absolute atomic E-state index is 0.122. The Balaban J connectivity index is 2.89. The summed E-state index contributed by atoms with van der Waals surface area (Å²) in [5.41, 5.74) is 1.17. The van der Waals surface area contributed by atoms with E-state index in [9.17, 15) is 13.2 Å². The predicted molar refractivity (Wildman–Crippen MR) is 78.8 cm³/mol. The molecule has 0 fully saturated rings. The summed E-state index contributed by atoms with van der Waals surface area (Å²) in [5, 5.41) is 12.4. The fourth-order valence-corrected chi connectivity index (χ4v) is 2.18. The molecule has 0 radical (unpaired) electrons. The average molecular weight is 325 g/mol. The zero-order valence-corrected chi connectivity index (χ0v) is 12.8. The van der Waals surface area contributed by atoms with Crippen molar-refractivity contribution in [2.45, 2.75) is 32.6 Å². The second kappa shape index (κ2) is 7.87. The van der Waals surface area contributed by atoms with Gasteiger partial charge in [0.1, 0.15) is 6.54 Å². The monoisotopic (exact) mass is 324 g/mol. The fourth-order valence-electron chi connectivity index (χ4n) is 1.86. The number of aliphatic hydroxyl groups excluding tert-OH is 1. The molecular formula is C14H20ClF3N2O. The van der Waals surface area contributed by atoms with Gasteiger partial charge in [0.2, 0.25) is 0 Å². The van der Waals surface area contributed by atoms with Crippen LogP contribution in [0.2, 0.25) is 5.02 Å². The van der Waals surface area contributed by atoms with Crippen molar-refractivity contribution in [3.05, 3.63) is 28.8 Å². The number of anilines is 1. The van der Waals surface area contributed by atoms with Crippen LogP contribution in [0.4, 0.5) is 18.9 Å². The summed E-state index contributed by atoms with van der Waals surface area (Å²) >= 11 is 6.09. The molecule has 1 aromatic rings. The molecule has 0 aromatic heterocycles. The molecule has 0 aliphatic rings. The summed E-state index contributed by atoms with van der Waals surface area (Å²) in [7, 11) is 0. The van der Waals surface area contributed by atoms with Crippen molar-refractivity contribution in [2.24, 2.45) is 0 Å². The highest BCUT2D eigenvalue weighted by Crippen LogP contribution is 2.29. The summed E-state index contributed by atoms with van der Waals surface area (Å²) < 4.78 is 37.7. The lowest BCUT2D eigenvalue weighted by molar-refractivity contribution is -0.119. The number of nitrogens with zero attached hydrogens (tertiary/aromatic N) is 1. The molecule has 0 saturated carbocycles. The maximum absolute atomic E-state index is 12.6. The van der Waals surface area contributed by atoms with E-state index in [2.05, 4.69) is 5.32 Å². The SMILES string of the molecule is CC(C)NCc1ccc(N(CCO)CC(F)(F)F)c(Cl)c1. The molecule has 0 aliphatic heterocycles. The van der Waals surface area contributed by atoms with Gasteiger partial charge < -0.3 is 15.3 Å². The normalized spacial score (nSPS) is 12.0. The lowest BCUT2D eigenvalue weighted by Crippen LogP contribution is -2.36. The quantitative estimate of drug-likeness (QED) is 0.808. The summed E-state index contributed by atoms with van der Waals surface area (Å²) in [6.07, 6.45) is -4.35. The number of alkyl halides is 3. The largest absolute Gasteiger partial charge is 0.405 e. The van der Waals surface area contributed by atoms with E-state index < -0.39 is 12.7 Å². The summed E-state index contributed by atoms with van der Waals surface area (Å²) in [6, 6.07) is 5.24. The molecule has 2 N–H and O–H groups in total. The van der Waals surface area contributed by atoms with Gasteiger partial charge in [-0.25, -0.2) is 0 Å². The molecule has 0 unspecified atom stereocenters. The lowest BCUT2D eigenvalue weighted by Gasteiger charge is -2.26. The highest BCUT2D eigenvalue weighted by molar-refractivity contribution is 6.33. The topological polar surface area (TPSA) is 35.5 Å². The molecule has 21 heavy (non-hydrogen) atoms. The van der Waals surface area contributed by atoms with Crippen LogP contribution in [0.5, 0.6) is 0 Å². The molecule has 0 amide bonds. The van der Waals surface area contributed by atoms with Gasteiger partial charge in [0.05, 0.1) is 17.3 Å². The van der Waals surface area contributed by atoms with E-state index in [1.165, 1.54) is 0 Å². The summed E-state index contributed by atoms with van der Waals surface area (Å²) in [6.45, 7) is 2.96. The maximum atomic E-state index is 12.6. The first kappa shape index (κ1) is 18.1. The molecule has 0 spiro atoms. The summed E-state index contributed by atoms with van der Waals surface area (Å²) in [4.78, 5) is 1.03. The second-order valence-corrected chi connectivity index (χ2v) is 5.49. The lowest BCUT2D eigenvalue weighted by atomic mass is 10.1. The molecule has 0 saturated heterocycles. The maximum Gasteiger partial charge on any atom is 0.405 e. The van der Waals surface area contributed by atoms with Gasteiger partial charge >= 0.3 is 6.18 Å². The Morgan fingerprint density at radius 2 is 2.00 bits per heavy atom. The smallest absolute Gasteiger partial charge is 0.395 e. The molecule has 0 aliphatic carbocycles. The highest BCUT2D eigenvalue weighted by Gasteiger charge is 2.31. The zero-order valence-electron chi connectivity index (χ0n) is 12.0. The third-order valence-corrected chi connectivity index (χ3v) is 3.11. The van der Waals surface area contributed by atoms with E-state index in [4.69, 9.17) is 16.7 Å². The minimum atomic E-state index is -4.35. The van der Waals surface area contributed by atoms with Crippen LogP contribution in [0.25, 0.3) is 0 Å². The van der Waals surface area contributed by atoms with E-state index in [0.29, 0.717) is 12.6 Å². The number of hydrogen-bond acceptors (Lipinski definition) is 3. The average Bonchev–Trinajstić information content (AvgIpc) is 2.34. The Labute approximate surface area is 127 Å². The van der Waals surface area contributed by atoms with Gasteiger partial charge in [-0.2, -0.15) is 13.2 Å². The van der Waals surface area contributed by atoms with Crippen molar-refractivity contribution in [3.8, 4) is 0 Å². The van der Waals surface area contributed by atoms with Gasteiger partial charge in [0.25, 0.3) is 0 Å². The van der Waals surface area contributed by atoms with Crippen LogP contribution in [-0.2, 0) is 6.54 Å². The first-order valence-corrected chi connectivity index (χ1v) is 7.05. The van der Waals surface area contributed by atoms with E-state index in [1.54, 1.807) is 18.2 Å². The van der Waals surface area contributed by atoms with Crippen LogP contribution in [0.15, 0.2) is 18.2 Å². The predicted octanol–water partition coefficient (Wildman–Crippen LogP) is 3.20. The first-order chi connectivity index (χ1) is 9.73. The van der Waals surface area contributed by atoms with Crippen LogP contribution in [0, 0.1) is 0 Å². The Morgan fingerprint density at radius 3 is 2.48 bits per heavy atom. The minimum Gasteiger partial charge on any atom is -0.395 e. The van der Waals surface area contributed by atoms with E-state index in [-0.39, 0.29) is 23.9 Å². The van der Waals surface area contributed by atoms with Gasteiger partial charge in [-0.15, -0.1) is 0 Å². The Hall–Kier alpha value is -0.980. The Morgan fingerprint density at radius 1 is 1.33 bits per heavy atom. The van der Waals surface area contributed by atoms with Crippen LogP contribution >= 0.6 is 11.6 Å². The van der Waals surface area contributed by atoms with Gasteiger partial charge in [-0.1, -0.05) is 31.5 Å². The van der Waals surface area contributed by atoms with Crippen molar-refractivity contribution in [2.75, 3.05) is 24.6 Å². The van der Waals surface area contributed by atoms with Gasteiger partial charge in [0.15, 0.2) is 0 Å². The van der Waals surface area contributed by atoms with Crippen molar-refractivity contribution in [1.29, 1.82) is 0 Å². The third-order valence-electron chi connectivity index (χ3n) is 2.81. The van der Waals surface area contributed by atoms with Gasteiger partial charge in [0, 0.05) is 19.1 Å². The molecule has 0 heterocycles. The number of nitrogens with one attached hydrogen (secondary N) is 1. The molecule has 0 atom stereocenters. The molecule has 7 heteroatoms. The van der Waals surface area contributed by atoms with E-state index in [0.717, 1.165) is 10.5 Å². The van der Waals surface area contributed by atoms with E-state index in [1.807, 2.05) is 13.8 Å². The fraction of sp³-hybridized carbons (Fsp3) is 0.571. The second-order valence-electron chi connectivity index (χ2n) is 5.08. The number of aliphatic hydroxyl groups is 1. The van der Waals surface area contributed by atoms with Crippen LogP contribution in [0.3, 0.4) is 0 Å². The Bertz CT molecular complexity index is 452. The van der Waals surface area contributed by atoms with Crippen molar-refractivity contribution in [1.82, 2.24) is 5.32 Å². The van der Waals surface area contributed by atoms with Crippen molar-refractivity contribution < 1.29 is 18.3 Å². The molecule has 3 nitrogen and oxygen atoms in total. The highest BCUT2D eigenvalue weighted by atomic mass is 35.5. The van der Waals surface area contributed by atoms with Crippen molar-refractivity contribution in [3.63, 3.8) is 0 Å². The molecule has 0 bridgehead atoms. The molecule has 1 aromatic carbocycles. The number of rotatable bonds is 7. The van der Waals surface area contributed by atoms with Gasteiger partial charge in [-0.3, -0.25) is 0 Å². The molecule has 1 rings (SSSR count). The standard InChI is InChI=1S/C14H20ClF3N2O/c1-10(2)19-8-11-3-4-13(12(15)7-11)20(5-6-21)9-14(16,17)18/h3-4,7,10,19,21H,5-6,8-9H2,1-2H3. The number of benzene rings is 1. The van der Waals surface area contributed by atoms with Crippen LogP contribution in [0.1, 0.15) is 19.4 Å². The van der Waals surface area contributed by atoms with Crippen molar-refractivity contribution >= 4 is 17.3 Å². The zero-order chi connectivity index (χ0) is 16.0. The third kappa shape index (κ3) is 6.54. The first-order valence-electron chi connectivity index (χ1n) is 6.67. The number of hydrogen-bond donors (Lipinski definition) is 2. The summed E-state index contributed by atoms with van der Waals surface area (Å²) in [5.74, 6) is 0. The van der Waals surface area contributed by atoms with Gasteiger partial charge in [-0.05, 0) is 17.7 Å². The van der Waals surface area contributed by atoms with Crippen LogP contribution in [-0.4, -0.2) is 37.0 Å². The molecule has 120 valence electrons. The molecular weight excluding hydrogens is 305 g/mol.